The second-order valence-corrected chi connectivity index (χ2v) is 6.70. The highest BCUT2D eigenvalue weighted by molar-refractivity contribution is 5.64. The Kier molecular flexibility index (Phi) is 4.44. The maximum absolute atomic E-state index is 4.87. The second-order valence-electron chi connectivity index (χ2n) is 6.70. The third-order valence-corrected chi connectivity index (χ3v) is 4.53. The lowest BCUT2D eigenvalue weighted by Gasteiger charge is -2.26. The van der Waals surface area contributed by atoms with Crippen molar-refractivity contribution in [2.45, 2.75) is 0 Å². The van der Waals surface area contributed by atoms with Gasteiger partial charge in [0.15, 0.2) is 0 Å². The molecule has 0 aromatic carbocycles. The van der Waals surface area contributed by atoms with Crippen LogP contribution in [0.4, 0.5) is 11.6 Å². The molecule has 0 saturated heterocycles. The molecule has 0 radical (unpaired) electrons. The molecule has 5 nitrogen and oxygen atoms in total. The first-order chi connectivity index (χ1) is 13.1. The fourth-order valence-electron chi connectivity index (χ4n) is 2.94. The summed E-state index contributed by atoms with van der Waals surface area (Å²) >= 11 is 0. The van der Waals surface area contributed by atoms with E-state index in [1.807, 2.05) is 73.1 Å². The smallest absolute Gasteiger partial charge is 0.234 e. The van der Waals surface area contributed by atoms with E-state index in [-0.39, 0.29) is 0 Å². The van der Waals surface area contributed by atoms with E-state index in [9.17, 15) is 0 Å². The summed E-state index contributed by atoms with van der Waals surface area (Å²) in [7, 11) is 4.18. The number of rotatable bonds is 4. The molecule has 4 aromatic heterocycles. The molecule has 0 aliphatic rings. The van der Waals surface area contributed by atoms with Gasteiger partial charge < -0.3 is 0 Å². The van der Waals surface area contributed by atoms with E-state index in [4.69, 9.17) is 9.97 Å². The molecule has 132 valence electrons. The van der Waals surface area contributed by atoms with E-state index >= 15 is 0 Å². The average Bonchev–Trinajstić information content (AvgIpc) is 2.75. The summed E-state index contributed by atoms with van der Waals surface area (Å²) in [6.07, 6.45) is 7.18. The van der Waals surface area contributed by atoms with Gasteiger partial charge in [-0.1, -0.05) is 12.1 Å². The van der Waals surface area contributed by atoms with Crippen LogP contribution in [-0.2, 0) is 0 Å². The third-order valence-electron chi connectivity index (χ3n) is 4.53. The number of pyridine rings is 4. The third kappa shape index (κ3) is 3.45. The van der Waals surface area contributed by atoms with E-state index in [1.165, 1.54) is 0 Å². The first-order valence-electron chi connectivity index (χ1n) is 8.74. The summed E-state index contributed by atoms with van der Waals surface area (Å²) < 4.78 is 0.433. The zero-order valence-electron chi connectivity index (χ0n) is 15.3. The minimum Gasteiger partial charge on any atom is -0.264 e. The van der Waals surface area contributed by atoms with E-state index in [0.29, 0.717) is 4.48 Å². The molecule has 0 unspecified atom stereocenters. The number of hydrogen-bond acceptors (Lipinski definition) is 4. The van der Waals surface area contributed by atoms with Crippen LogP contribution in [0.1, 0.15) is 0 Å². The molecule has 0 amide bonds. The highest BCUT2D eigenvalue weighted by atomic mass is 15.4. The minimum atomic E-state index is 0.433. The normalized spacial score (nSPS) is 11.3. The zero-order chi connectivity index (χ0) is 18.7. The molecule has 4 aromatic rings. The van der Waals surface area contributed by atoms with E-state index in [2.05, 4.69) is 24.1 Å². The molecule has 0 atom stereocenters. The van der Waals surface area contributed by atoms with Crippen molar-refractivity contribution in [2.24, 2.45) is 0 Å². The van der Waals surface area contributed by atoms with Crippen LogP contribution in [0.25, 0.3) is 22.5 Å². The molecule has 0 aliphatic heterocycles. The predicted molar refractivity (Wildman–Crippen MR) is 108 cm³/mol. The van der Waals surface area contributed by atoms with Gasteiger partial charge in [-0.25, -0.2) is 4.48 Å². The Morgan fingerprint density at radius 1 is 0.593 bits per heavy atom. The van der Waals surface area contributed by atoms with Gasteiger partial charge in [0, 0.05) is 48.0 Å². The molecule has 5 heteroatoms. The molecule has 4 rings (SSSR count). The molecule has 0 spiro atoms. The molecule has 0 saturated carbocycles. The molecule has 0 N–H and O–H groups in total. The number of hydrogen-bond donors (Lipinski definition) is 0. The van der Waals surface area contributed by atoms with Gasteiger partial charge in [0.1, 0.15) is 0 Å². The highest BCUT2D eigenvalue weighted by Gasteiger charge is 2.26. The monoisotopic (exact) mass is 354 g/mol. The van der Waals surface area contributed by atoms with Crippen molar-refractivity contribution >= 4 is 11.6 Å². The molecule has 0 bridgehead atoms. The number of nitrogens with zero attached hydrogens (tertiary/aromatic N) is 5. The molecule has 4 heterocycles. The summed E-state index contributed by atoms with van der Waals surface area (Å²) in [5, 5.41) is 0. The van der Waals surface area contributed by atoms with Crippen molar-refractivity contribution in [3.63, 3.8) is 0 Å². The van der Waals surface area contributed by atoms with Crippen molar-refractivity contribution < 1.29 is 0 Å². The first-order valence-corrected chi connectivity index (χ1v) is 8.74. The molecular weight excluding hydrogens is 334 g/mol. The van der Waals surface area contributed by atoms with Gasteiger partial charge in [-0.2, -0.15) is 9.97 Å². The average molecular weight is 354 g/mol. The van der Waals surface area contributed by atoms with Crippen LogP contribution in [0.2, 0.25) is 0 Å². The van der Waals surface area contributed by atoms with E-state index < -0.39 is 0 Å². The SMILES string of the molecule is C[N+](C)(c1cccc(-c2cccnc2)n1)c1cccc(-c2cccnc2)n1. The summed E-state index contributed by atoms with van der Waals surface area (Å²) in [6, 6.07) is 20.0. The van der Waals surface area contributed by atoms with Gasteiger partial charge in [-0.3, -0.25) is 9.97 Å². The highest BCUT2D eigenvalue weighted by Crippen LogP contribution is 2.30. The maximum atomic E-state index is 4.87. The molecule has 27 heavy (non-hydrogen) atoms. The van der Waals surface area contributed by atoms with Gasteiger partial charge in [-0.05, 0) is 36.4 Å². The second kappa shape index (κ2) is 7.05. The van der Waals surface area contributed by atoms with Gasteiger partial charge in [0.05, 0.1) is 25.5 Å². The zero-order valence-corrected chi connectivity index (χ0v) is 15.3. The topological polar surface area (TPSA) is 51.6 Å². The molecule has 0 fully saturated rings. The Hall–Kier alpha value is -3.44. The summed E-state index contributed by atoms with van der Waals surface area (Å²) in [5.74, 6) is 1.82. The molecule has 0 aliphatic carbocycles. The maximum Gasteiger partial charge on any atom is 0.234 e. The molecular formula is C22H20N5+. The van der Waals surface area contributed by atoms with Gasteiger partial charge in [-0.15, -0.1) is 0 Å². The quantitative estimate of drug-likeness (QED) is 0.506. The van der Waals surface area contributed by atoms with Crippen molar-refractivity contribution in [2.75, 3.05) is 14.1 Å². The fraction of sp³-hybridized carbons (Fsp3) is 0.0909. The lowest BCUT2D eigenvalue weighted by Crippen LogP contribution is -2.36. The van der Waals surface area contributed by atoms with Crippen molar-refractivity contribution in [3.8, 4) is 22.5 Å². The standard InChI is InChI=1S/C22H20N5/c1-27(2,21-11-3-9-19(25-21)17-7-5-13-23-15-17)22-12-4-10-20(26-22)18-8-6-14-24-16-18/h3-16H,1-2H3/q+1. The Balaban J connectivity index is 1.74. The van der Waals surface area contributed by atoms with Crippen LogP contribution in [-0.4, -0.2) is 34.0 Å². The minimum absolute atomic E-state index is 0.433. The number of aromatic nitrogens is 4. The summed E-state index contributed by atoms with van der Waals surface area (Å²) in [6.45, 7) is 0. The van der Waals surface area contributed by atoms with Crippen LogP contribution >= 0.6 is 0 Å². The largest absolute Gasteiger partial charge is 0.264 e. The van der Waals surface area contributed by atoms with Crippen molar-refractivity contribution in [1.29, 1.82) is 0 Å². The fourth-order valence-corrected chi connectivity index (χ4v) is 2.94. The lowest BCUT2D eigenvalue weighted by molar-refractivity contribution is 0.526. The Labute approximate surface area is 158 Å². The van der Waals surface area contributed by atoms with Gasteiger partial charge >= 0.3 is 0 Å². The van der Waals surface area contributed by atoms with Crippen LogP contribution < -0.4 is 4.48 Å². The van der Waals surface area contributed by atoms with Crippen molar-refractivity contribution in [1.82, 2.24) is 24.4 Å². The predicted octanol–water partition coefficient (Wildman–Crippen LogP) is 4.50. The van der Waals surface area contributed by atoms with E-state index in [1.54, 1.807) is 12.4 Å². The van der Waals surface area contributed by atoms with Gasteiger partial charge in [0.25, 0.3) is 0 Å². The Morgan fingerprint density at radius 3 is 1.48 bits per heavy atom. The van der Waals surface area contributed by atoms with E-state index in [0.717, 1.165) is 34.2 Å². The lowest BCUT2D eigenvalue weighted by atomic mass is 10.2. The first kappa shape index (κ1) is 17.0. The summed E-state index contributed by atoms with van der Waals surface area (Å²) in [5.41, 5.74) is 3.79. The van der Waals surface area contributed by atoms with Gasteiger partial charge in [0.2, 0.25) is 11.6 Å². The van der Waals surface area contributed by atoms with Crippen LogP contribution in [0.3, 0.4) is 0 Å². The van der Waals surface area contributed by atoms with Crippen LogP contribution in [0, 0.1) is 0 Å². The van der Waals surface area contributed by atoms with Crippen LogP contribution in [0.5, 0.6) is 0 Å². The van der Waals surface area contributed by atoms with Crippen LogP contribution in [0.15, 0.2) is 85.5 Å². The van der Waals surface area contributed by atoms with Crippen molar-refractivity contribution in [3.05, 3.63) is 85.5 Å². The Morgan fingerprint density at radius 2 is 1.07 bits per heavy atom. The Bertz CT molecular complexity index is 961. The number of quaternary nitrogens is 1. The summed E-state index contributed by atoms with van der Waals surface area (Å²) in [4.78, 5) is 18.1.